The third-order valence-electron chi connectivity index (χ3n) is 3.20. The minimum absolute atomic E-state index is 0.167. The minimum Gasteiger partial charge on any atom is -0.489 e. The molecule has 1 aromatic heterocycles. The molecule has 0 amide bonds. The zero-order valence-corrected chi connectivity index (χ0v) is 13.2. The number of rotatable bonds is 7. The summed E-state index contributed by atoms with van der Waals surface area (Å²) >= 11 is 1.78. The Hall–Kier alpha value is -1.32. The Kier molecular flexibility index (Phi) is 5.62. The van der Waals surface area contributed by atoms with Gasteiger partial charge in [-0.25, -0.2) is 0 Å². The van der Waals surface area contributed by atoms with Gasteiger partial charge in [0.1, 0.15) is 11.9 Å². The van der Waals surface area contributed by atoms with E-state index in [4.69, 9.17) is 4.74 Å². The molecule has 0 fully saturated rings. The number of ether oxygens (including phenoxy) is 1. The Balaban J connectivity index is 1.74. The highest BCUT2D eigenvalue weighted by Crippen LogP contribution is 2.19. The Morgan fingerprint density at radius 2 is 1.85 bits per heavy atom. The topological polar surface area (TPSA) is 21.3 Å². The van der Waals surface area contributed by atoms with Crippen LogP contribution in [0.3, 0.4) is 0 Å². The number of thiophene rings is 1. The van der Waals surface area contributed by atoms with Gasteiger partial charge in [-0.05, 0) is 42.0 Å². The minimum atomic E-state index is 0.167. The van der Waals surface area contributed by atoms with Crippen molar-refractivity contribution < 1.29 is 4.74 Å². The number of hydrogen-bond donors (Lipinski definition) is 1. The van der Waals surface area contributed by atoms with E-state index < -0.39 is 0 Å². The van der Waals surface area contributed by atoms with Crippen molar-refractivity contribution in [2.45, 2.75) is 39.3 Å². The summed E-state index contributed by atoms with van der Waals surface area (Å²) in [6, 6.07) is 12.6. The highest BCUT2D eigenvalue weighted by atomic mass is 32.1. The molecule has 108 valence electrons. The van der Waals surface area contributed by atoms with E-state index in [0.29, 0.717) is 5.92 Å². The molecule has 20 heavy (non-hydrogen) atoms. The van der Waals surface area contributed by atoms with Crippen LogP contribution in [0, 0.1) is 0 Å². The van der Waals surface area contributed by atoms with Gasteiger partial charge in [-0.1, -0.05) is 32.0 Å². The van der Waals surface area contributed by atoms with Crippen LogP contribution in [0.5, 0.6) is 5.75 Å². The average molecular weight is 289 g/mol. The summed E-state index contributed by atoms with van der Waals surface area (Å²) in [6.07, 6.45) is 0.167. The van der Waals surface area contributed by atoms with Crippen molar-refractivity contribution in [3.63, 3.8) is 0 Å². The lowest BCUT2D eigenvalue weighted by molar-refractivity contribution is 0.217. The zero-order chi connectivity index (χ0) is 14.4. The van der Waals surface area contributed by atoms with Gasteiger partial charge in [0.05, 0.1) is 0 Å². The smallest absolute Gasteiger partial charge is 0.119 e. The molecule has 1 aromatic carbocycles. The van der Waals surface area contributed by atoms with Crippen molar-refractivity contribution in [1.29, 1.82) is 0 Å². The molecule has 0 radical (unpaired) electrons. The molecule has 0 aliphatic carbocycles. The average Bonchev–Trinajstić information content (AvgIpc) is 2.92. The quantitative estimate of drug-likeness (QED) is 0.814. The molecule has 0 aliphatic heterocycles. The van der Waals surface area contributed by atoms with Crippen molar-refractivity contribution in [2.24, 2.45) is 0 Å². The first-order chi connectivity index (χ1) is 9.65. The van der Waals surface area contributed by atoms with Crippen LogP contribution in [0.25, 0.3) is 0 Å². The fourth-order valence-electron chi connectivity index (χ4n) is 2.02. The van der Waals surface area contributed by atoms with Crippen LogP contribution in [-0.2, 0) is 6.54 Å². The standard InChI is InChI=1S/C17H23NOS/c1-13(2)15-6-8-16(9-7-15)19-14(3)11-18-12-17-5-4-10-20-17/h4-10,13-14,18H,11-12H2,1-3H3. The van der Waals surface area contributed by atoms with Crippen LogP contribution in [-0.4, -0.2) is 12.6 Å². The molecular weight excluding hydrogens is 266 g/mol. The van der Waals surface area contributed by atoms with Gasteiger partial charge < -0.3 is 10.1 Å². The first kappa shape index (κ1) is 15.1. The molecular formula is C17H23NOS. The van der Waals surface area contributed by atoms with Crippen LogP contribution in [0.15, 0.2) is 41.8 Å². The lowest BCUT2D eigenvalue weighted by atomic mass is 10.0. The van der Waals surface area contributed by atoms with Crippen molar-refractivity contribution in [2.75, 3.05) is 6.54 Å². The molecule has 3 heteroatoms. The maximum absolute atomic E-state index is 5.91. The molecule has 1 atom stereocenters. The van der Waals surface area contributed by atoms with Gasteiger partial charge >= 0.3 is 0 Å². The summed E-state index contributed by atoms with van der Waals surface area (Å²) < 4.78 is 5.91. The molecule has 1 N–H and O–H groups in total. The first-order valence-electron chi connectivity index (χ1n) is 7.15. The first-order valence-corrected chi connectivity index (χ1v) is 8.03. The summed E-state index contributed by atoms with van der Waals surface area (Å²) in [7, 11) is 0. The molecule has 0 aliphatic rings. The van der Waals surface area contributed by atoms with E-state index >= 15 is 0 Å². The van der Waals surface area contributed by atoms with Crippen molar-refractivity contribution >= 4 is 11.3 Å². The summed E-state index contributed by atoms with van der Waals surface area (Å²) in [5.74, 6) is 1.51. The molecule has 0 bridgehead atoms. The maximum Gasteiger partial charge on any atom is 0.119 e. The fraction of sp³-hybridized carbons (Fsp3) is 0.412. The second kappa shape index (κ2) is 7.46. The summed E-state index contributed by atoms with van der Waals surface area (Å²) in [5, 5.41) is 5.53. The van der Waals surface area contributed by atoms with Gasteiger partial charge in [0.25, 0.3) is 0 Å². The Morgan fingerprint density at radius 3 is 2.45 bits per heavy atom. The zero-order valence-electron chi connectivity index (χ0n) is 12.4. The Morgan fingerprint density at radius 1 is 1.10 bits per heavy atom. The van der Waals surface area contributed by atoms with Crippen LogP contribution in [0.1, 0.15) is 37.1 Å². The predicted octanol–water partition coefficient (Wildman–Crippen LogP) is 4.43. The van der Waals surface area contributed by atoms with Crippen LogP contribution < -0.4 is 10.1 Å². The molecule has 0 saturated carbocycles. The predicted molar refractivity (Wildman–Crippen MR) is 86.6 cm³/mol. The van der Waals surface area contributed by atoms with E-state index in [2.05, 4.69) is 67.9 Å². The van der Waals surface area contributed by atoms with Crippen LogP contribution >= 0.6 is 11.3 Å². The van der Waals surface area contributed by atoms with Gasteiger partial charge in [0, 0.05) is 18.0 Å². The van der Waals surface area contributed by atoms with Crippen molar-refractivity contribution in [1.82, 2.24) is 5.32 Å². The van der Waals surface area contributed by atoms with Gasteiger partial charge in [0.15, 0.2) is 0 Å². The summed E-state index contributed by atoms with van der Waals surface area (Å²) in [5.41, 5.74) is 1.35. The molecule has 2 rings (SSSR count). The van der Waals surface area contributed by atoms with Crippen LogP contribution in [0.2, 0.25) is 0 Å². The van der Waals surface area contributed by atoms with E-state index in [-0.39, 0.29) is 6.10 Å². The van der Waals surface area contributed by atoms with Crippen molar-refractivity contribution in [3.8, 4) is 5.75 Å². The van der Waals surface area contributed by atoms with Gasteiger partial charge in [-0.15, -0.1) is 11.3 Å². The highest BCUT2D eigenvalue weighted by molar-refractivity contribution is 7.09. The monoisotopic (exact) mass is 289 g/mol. The lowest BCUT2D eigenvalue weighted by Crippen LogP contribution is -2.28. The van der Waals surface area contributed by atoms with E-state index in [0.717, 1.165) is 18.8 Å². The molecule has 2 nitrogen and oxygen atoms in total. The largest absolute Gasteiger partial charge is 0.489 e. The second-order valence-electron chi connectivity index (χ2n) is 5.36. The van der Waals surface area contributed by atoms with Crippen LogP contribution in [0.4, 0.5) is 0 Å². The SMILES string of the molecule is CC(CNCc1cccs1)Oc1ccc(C(C)C)cc1. The van der Waals surface area contributed by atoms with E-state index in [1.807, 2.05) is 0 Å². The number of benzene rings is 1. The number of nitrogens with one attached hydrogen (secondary N) is 1. The van der Waals surface area contributed by atoms with Gasteiger partial charge in [-0.2, -0.15) is 0 Å². The van der Waals surface area contributed by atoms with E-state index in [1.54, 1.807) is 11.3 Å². The maximum atomic E-state index is 5.91. The normalized spacial score (nSPS) is 12.6. The number of hydrogen-bond acceptors (Lipinski definition) is 3. The summed E-state index contributed by atoms with van der Waals surface area (Å²) in [4.78, 5) is 1.36. The molecule has 2 aromatic rings. The third kappa shape index (κ3) is 4.66. The lowest BCUT2D eigenvalue weighted by Gasteiger charge is -2.16. The van der Waals surface area contributed by atoms with Gasteiger partial charge in [0.2, 0.25) is 0 Å². The Labute approximate surface area is 125 Å². The van der Waals surface area contributed by atoms with Crippen molar-refractivity contribution in [3.05, 3.63) is 52.2 Å². The van der Waals surface area contributed by atoms with Gasteiger partial charge in [-0.3, -0.25) is 0 Å². The molecule has 0 spiro atoms. The summed E-state index contributed by atoms with van der Waals surface area (Å²) in [6.45, 7) is 8.26. The second-order valence-corrected chi connectivity index (χ2v) is 6.39. The fourth-order valence-corrected chi connectivity index (χ4v) is 2.69. The Bertz CT molecular complexity index is 490. The molecule has 0 saturated heterocycles. The van der Waals surface area contributed by atoms with E-state index in [1.165, 1.54) is 10.4 Å². The molecule has 1 unspecified atom stereocenters. The third-order valence-corrected chi connectivity index (χ3v) is 4.07. The highest BCUT2D eigenvalue weighted by Gasteiger charge is 2.05. The molecule has 1 heterocycles. The van der Waals surface area contributed by atoms with E-state index in [9.17, 15) is 0 Å².